The van der Waals surface area contributed by atoms with Crippen LogP contribution in [-0.4, -0.2) is 30.7 Å². The van der Waals surface area contributed by atoms with Crippen molar-refractivity contribution in [1.29, 1.82) is 0 Å². The Labute approximate surface area is 100 Å². The molecule has 0 aromatic heterocycles. The number of hydrogen-bond acceptors (Lipinski definition) is 2. The maximum absolute atomic E-state index is 8.87. The number of nitrogens with zero attached hydrogens (tertiary/aromatic N) is 1. The van der Waals surface area contributed by atoms with Crippen LogP contribution in [0.15, 0.2) is 28.7 Å². The average molecular weight is 272 g/mol. The zero-order valence-electron chi connectivity index (χ0n) is 9.28. The fourth-order valence-electron chi connectivity index (χ4n) is 1.72. The highest BCUT2D eigenvalue weighted by atomic mass is 79.9. The van der Waals surface area contributed by atoms with E-state index in [1.807, 2.05) is 6.07 Å². The number of aliphatic hydroxyl groups excluding tert-OH is 1. The van der Waals surface area contributed by atoms with E-state index in [0.29, 0.717) is 6.04 Å². The SMILES string of the molecule is CN(C)C(CCCO)c1cccc(Br)c1. The lowest BCUT2D eigenvalue weighted by Crippen LogP contribution is -2.20. The Kier molecular flexibility index (Phi) is 5.29. The van der Waals surface area contributed by atoms with Crippen LogP contribution < -0.4 is 0 Å². The van der Waals surface area contributed by atoms with Crippen LogP contribution in [0.3, 0.4) is 0 Å². The lowest BCUT2D eigenvalue weighted by Gasteiger charge is -2.24. The molecule has 1 atom stereocenters. The third-order valence-corrected chi connectivity index (χ3v) is 2.99. The van der Waals surface area contributed by atoms with Gasteiger partial charge in [-0.2, -0.15) is 0 Å². The summed E-state index contributed by atoms with van der Waals surface area (Å²) in [5.41, 5.74) is 1.29. The molecule has 0 saturated carbocycles. The van der Waals surface area contributed by atoms with Crippen LogP contribution in [-0.2, 0) is 0 Å². The molecule has 15 heavy (non-hydrogen) atoms. The molecule has 0 fully saturated rings. The van der Waals surface area contributed by atoms with Crippen molar-refractivity contribution in [1.82, 2.24) is 4.90 Å². The van der Waals surface area contributed by atoms with Crippen molar-refractivity contribution in [2.75, 3.05) is 20.7 Å². The minimum absolute atomic E-state index is 0.262. The largest absolute Gasteiger partial charge is 0.396 e. The Morgan fingerprint density at radius 1 is 1.40 bits per heavy atom. The zero-order valence-corrected chi connectivity index (χ0v) is 10.9. The molecule has 0 aliphatic carbocycles. The first-order valence-electron chi connectivity index (χ1n) is 5.18. The van der Waals surface area contributed by atoms with Gasteiger partial charge in [0, 0.05) is 17.1 Å². The first kappa shape index (κ1) is 12.7. The standard InChI is InChI=1S/C12H18BrNO/c1-14(2)12(7-4-8-15)10-5-3-6-11(13)9-10/h3,5-6,9,12,15H,4,7-8H2,1-2H3. The predicted molar refractivity (Wildman–Crippen MR) is 66.9 cm³/mol. The van der Waals surface area contributed by atoms with Crippen molar-refractivity contribution in [2.24, 2.45) is 0 Å². The van der Waals surface area contributed by atoms with Crippen molar-refractivity contribution in [3.8, 4) is 0 Å². The van der Waals surface area contributed by atoms with Crippen LogP contribution in [0.2, 0.25) is 0 Å². The summed E-state index contributed by atoms with van der Waals surface area (Å²) in [7, 11) is 4.14. The third kappa shape index (κ3) is 3.93. The summed E-state index contributed by atoms with van der Waals surface area (Å²) >= 11 is 3.48. The minimum Gasteiger partial charge on any atom is -0.396 e. The molecule has 0 amide bonds. The Bertz CT molecular complexity index is 301. The molecule has 0 spiro atoms. The van der Waals surface area contributed by atoms with Gasteiger partial charge in [-0.1, -0.05) is 28.1 Å². The molecule has 2 nitrogen and oxygen atoms in total. The van der Waals surface area contributed by atoms with E-state index in [1.54, 1.807) is 0 Å². The van der Waals surface area contributed by atoms with Gasteiger partial charge in [0.2, 0.25) is 0 Å². The lowest BCUT2D eigenvalue weighted by molar-refractivity contribution is 0.235. The van der Waals surface area contributed by atoms with Crippen molar-refractivity contribution < 1.29 is 5.11 Å². The van der Waals surface area contributed by atoms with Gasteiger partial charge in [-0.05, 0) is 44.6 Å². The van der Waals surface area contributed by atoms with Crippen LogP contribution in [0.4, 0.5) is 0 Å². The second-order valence-electron chi connectivity index (χ2n) is 3.90. The fraction of sp³-hybridized carbons (Fsp3) is 0.500. The first-order chi connectivity index (χ1) is 7.15. The van der Waals surface area contributed by atoms with E-state index >= 15 is 0 Å². The fourth-order valence-corrected chi connectivity index (χ4v) is 2.14. The summed E-state index contributed by atoms with van der Waals surface area (Å²) in [6.07, 6.45) is 1.83. The molecule has 0 heterocycles. The molecule has 0 aliphatic heterocycles. The highest BCUT2D eigenvalue weighted by Crippen LogP contribution is 2.25. The topological polar surface area (TPSA) is 23.5 Å². The van der Waals surface area contributed by atoms with Crippen LogP contribution >= 0.6 is 15.9 Å². The monoisotopic (exact) mass is 271 g/mol. The maximum atomic E-state index is 8.87. The Morgan fingerprint density at radius 2 is 2.13 bits per heavy atom. The molecule has 0 saturated heterocycles. The van der Waals surface area contributed by atoms with E-state index < -0.39 is 0 Å². The smallest absolute Gasteiger partial charge is 0.0431 e. The van der Waals surface area contributed by atoms with Crippen LogP contribution in [0, 0.1) is 0 Å². The molecule has 0 aliphatic rings. The first-order valence-corrected chi connectivity index (χ1v) is 5.97. The zero-order chi connectivity index (χ0) is 11.3. The molecule has 1 N–H and O–H groups in total. The molecule has 1 aromatic carbocycles. The van der Waals surface area contributed by atoms with Gasteiger partial charge in [0.05, 0.1) is 0 Å². The normalized spacial score (nSPS) is 13.1. The van der Waals surface area contributed by atoms with Gasteiger partial charge < -0.3 is 10.0 Å². The highest BCUT2D eigenvalue weighted by Gasteiger charge is 2.13. The van der Waals surface area contributed by atoms with E-state index in [4.69, 9.17) is 5.11 Å². The number of halogens is 1. The lowest BCUT2D eigenvalue weighted by atomic mass is 10.0. The molecule has 0 radical (unpaired) electrons. The van der Waals surface area contributed by atoms with Gasteiger partial charge in [-0.25, -0.2) is 0 Å². The summed E-state index contributed by atoms with van der Waals surface area (Å²) in [6.45, 7) is 0.262. The van der Waals surface area contributed by atoms with Gasteiger partial charge in [0.25, 0.3) is 0 Å². The molecule has 84 valence electrons. The van der Waals surface area contributed by atoms with Crippen molar-refractivity contribution in [3.63, 3.8) is 0 Å². The molecule has 3 heteroatoms. The van der Waals surface area contributed by atoms with Crippen LogP contribution in [0.5, 0.6) is 0 Å². The Morgan fingerprint density at radius 3 is 2.67 bits per heavy atom. The number of rotatable bonds is 5. The second kappa shape index (κ2) is 6.26. The third-order valence-electron chi connectivity index (χ3n) is 2.49. The van der Waals surface area contributed by atoms with E-state index in [0.717, 1.165) is 17.3 Å². The van der Waals surface area contributed by atoms with E-state index in [2.05, 4.69) is 53.1 Å². The number of aliphatic hydroxyl groups is 1. The van der Waals surface area contributed by atoms with E-state index in [9.17, 15) is 0 Å². The molecule has 1 aromatic rings. The van der Waals surface area contributed by atoms with Gasteiger partial charge in [-0.15, -0.1) is 0 Å². The van der Waals surface area contributed by atoms with E-state index in [1.165, 1.54) is 5.56 Å². The quantitative estimate of drug-likeness (QED) is 0.891. The van der Waals surface area contributed by atoms with Gasteiger partial charge in [0.15, 0.2) is 0 Å². The molecular formula is C12H18BrNO. The van der Waals surface area contributed by atoms with Gasteiger partial charge in [-0.3, -0.25) is 0 Å². The average Bonchev–Trinajstić information content (AvgIpc) is 2.18. The molecule has 1 unspecified atom stereocenters. The summed E-state index contributed by atoms with van der Waals surface area (Å²) in [5, 5.41) is 8.87. The molecule has 0 bridgehead atoms. The maximum Gasteiger partial charge on any atom is 0.0431 e. The van der Waals surface area contributed by atoms with Gasteiger partial charge >= 0.3 is 0 Å². The van der Waals surface area contributed by atoms with Gasteiger partial charge in [0.1, 0.15) is 0 Å². The highest BCUT2D eigenvalue weighted by molar-refractivity contribution is 9.10. The summed E-state index contributed by atoms with van der Waals surface area (Å²) < 4.78 is 1.11. The number of benzene rings is 1. The van der Waals surface area contributed by atoms with Crippen molar-refractivity contribution in [2.45, 2.75) is 18.9 Å². The molecule has 1 rings (SSSR count). The van der Waals surface area contributed by atoms with E-state index in [-0.39, 0.29) is 6.61 Å². The van der Waals surface area contributed by atoms with Crippen molar-refractivity contribution in [3.05, 3.63) is 34.3 Å². The summed E-state index contributed by atoms with van der Waals surface area (Å²) in [4.78, 5) is 2.19. The minimum atomic E-state index is 0.262. The van der Waals surface area contributed by atoms with Crippen LogP contribution in [0.1, 0.15) is 24.4 Å². The number of hydrogen-bond donors (Lipinski definition) is 1. The van der Waals surface area contributed by atoms with Crippen molar-refractivity contribution >= 4 is 15.9 Å². The Balaban J connectivity index is 2.79. The summed E-state index contributed by atoms with van der Waals surface area (Å²) in [5.74, 6) is 0. The predicted octanol–water partition coefficient (Wildman–Crippen LogP) is 2.82. The second-order valence-corrected chi connectivity index (χ2v) is 4.82. The summed E-state index contributed by atoms with van der Waals surface area (Å²) in [6, 6.07) is 8.74. The van der Waals surface area contributed by atoms with Crippen LogP contribution in [0.25, 0.3) is 0 Å². The Hall–Kier alpha value is -0.380. The molecular weight excluding hydrogens is 254 g/mol.